The Labute approximate surface area is 269 Å². The first-order valence-corrected chi connectivity index (χ1v) is 16.3. The van der Waals surface area contributed by atoms with Gasteiger partial charge in [-0.05, 0) is 99.1 Å². The summed E-state index contributed by atoms with van der Waals surface area (Å²) >= 11 is 8.56. The monoisotopic (exact) mass is 712 g/mol. The molecule has 7 rings (SSSR count). The quantitative estimate of drug-likeness (QED) is 0.184. The van der Waals surface area contributed by atoms with E-state index in [0.29, 0.717) is 15.9 Å². The lowest BCUT2D eigenvalue weighted by Gasteiger charge is -2.30. The highest BCUT2D eigenvalue weighted by molar-refractivity contribution is 9.10. The van der Waals surface area contributed by atoms with E-state index >= 15 is 0 Å². The van der Waals surface area contributed by atoms with Gasteiger partial charge in [-0.2, -0.15) is 0 Å². The summed E-state index contributed by atoms with van der Waals surface area (Å²) in [6.07, 6.45) is 3.71. The van der Waals surface area contributed by atoms with Crippen LogP contribution in [-0.4, -0.2) is 11.7 Å². The van der Waals surface area contributed by atoms with Crippen LogP contribution in [0.3, 0.4) is 0 Å². The summed E-state index contributed by atoms with van der Waals surface area (Å²) < 4.78 is 15.8. The molecule has 0 saturated heterocycles. The lowest BCUT2D eigenvalue weighted by atomic mass is 9.83. The van der Waals surface area contributed by atoms with Crippen molar-refractivity contribution >= 4 is 55.0 Å². The fourth-order valence-corrected chi connectivity index (χ4v) is 7.50. The normalized spacial score (nSPS) is 15.8. The van der Waals surface area contributed by atoms with Crippen molar-refractivity contribution in [1.82, 2.24) is 4.57 Å². The van der Waals surface area contributed by atoms with Crippen LogP contribution < -0.4 is 24.4 Å². The van der Waals surface area contributed by atoms with Gasteiger partial charge in [0, 0.05) is 10.0 Å². The summed E-state index contributed by atoms with van der Waals surface area (Å²) in [7, 11) is 1.66. The highest BCUT2D eigenvalue weighted by Crippen LogP contribution is 2.41. The van der Waals surface area contributed by atoms with Crippen molar-refractivity contribution < 1.29 is 9.47 Å². The van der Waals surface area contributed by atoms with E-state index in [1.807, 2.05) is 65.2 Å². The maximum Gasteiger partial charge on any atom is 0.271 e. The van der Waals surface area contributed by atoms with Gasteiger partial charge in [-0.15, -0.1) is 0 Å². The third-order valence-electron chi connectivity index (χ3n) is 7.87. The molecule has 5 nitrogen and oxygen atoms in total. The van der Waals surface area contributed by atoms with E-state index in [0.717, 1.165) is 61.2 Å². The third kappa shape index (κ3) is 5.44. The summed E-state index contributed by atoms with van der Waals surface area (Å²) in [6, 6.07) is 30.2. The Balaban J connectivity index is 1.28. The molecule has 0 fully saturated rings. The Hall–Kier alpha value is -3.72. The molecule has 0 saturated carbocycles. The van der Waals surface area contributed by atoms with Crippen LogP contribution in [-0.2, 0) is 13.0 Å². The van der Waals surface area contributed by atoms with Crippen LogP contribution in [0, 0.1) is 0 Å². The molecule has 4 aromatic carbocycles. The molecular weight excluding hydrogens is 688 g/mol. The molecule has 5 aromatic rings. The van der Waals surface area contributed by atoms with Crippen molar-refractivity contribution in [1.29, 1.82) is 0 Å². The number of methoxy groups -OCH3 is 1. The zero-order valence-corrected chi connectivity index (χ0v) is 27.2. The zero-order chi connectivity index (χ0) is 29.5. The number of fused-ring (bicyclic) bond motifs is 3. The number of rotatable bonds is 6. The largest absolute Gasteiger partial charge is 0.497 e. The molecule has 2 aliphatic rings. The van der Waals surface area contributed by atoms with Gasteiger partial charge in [0.25, 0.3) is 5.56 Å². The molecule has 214 valence electrons. The number of benzene rings is 4. The van der Waals surface area contributed by atoms with E-state index in [1.165, 1.54) is 22.5 Å². The number of halogens is 2. The summed E-state index contributed by atoms with van der Waals surface area (Å²) in [5.41, 5.74) is 7.61. The van der Waals surface area contributed by atoms with Gasteiger partial charge in [-0.25, -0.2) is 4.99 Å². The number of hydrogen-bond donors (Lipinski definition) is 0. The minimum absolute atomic E-state index is 0.0401. The lowest BCUT2D eigenvalue weighted by molar-refractivity contribution is 0.304. The molecule has 43 heavy (non-hydrogen) atoms. The molecule has 0 radical (unpaired) electrons. The molecular formula is C35H26Br2N2O3S. The number of thiazole rings is 1. The van der Waals surface area contributed by atoms with Crippen molar-refractivity contribution in [2.45, 2.75) is 25.5 Å². The van der Waals surface area contributed by atoms with Crippen LogP contribution in [0.25, 0.3) is 11.8 Å². The summed E-state index contributed by atoms with van der Waals surface area (Å²) in [5.74, 6) is 1.53. The molecule has 1 aliphatic heterocycles. The maximum atomic E-state index is 14.1. The van der Waals surface area contributed by atoms with Crippen molar-refractivity contribution in [3.63, 3.8) is 0 Å². The number of allylic oxidation sites excluding steroid dienone is 1. The van der Waals surface area contributed by atoms with Crippen molar-refractivity contribution in [2.24, 2.45) is 4.99 Å². The molecule has 2 heterocycles. The van der Waals surface area contributed by atoms with Crippen LogP contribution in [0.5, 0.6) is 11.5 Å². The van der Waals surface area contributed by atoms with Crippen LogP contribution in [0.4, 0.5) is 0 Å². The number of aryl methyl sites for hydroxylation is 1. The van der Waals surface area contributed by atoms with Crippen molar-refractivity contribution in [3.8, 4) is 11.5 Å². The summed E-state index contributed by atoms with van der Waals surface area (Å²) in [4.78, 5) is 19.9. The van der Waals surface area contributed by atoms with Gasteiger partial charge in [-0.1, -0.05) is 81.9 Å². The average Bonchev–Trinajstić information content (AvgIpc) is 3.34. The van der Waals surface area contributed by atoms with E-state index in [1.54, 1.807) is 7.11 Å². The highest BCUT2D eigenvalue weighted by atomic mass is 79.9. The van der Waals surface area contributed by atoms with Gasteiger partial charge < -0.3 is 9.47 Å². The molecule has 1 aliphatic carbocycles. The second-order valence-corrected chi connectivity index (χ2v) is 13.3. The van der Waals surface area contributed by atoms with Crippen LogP contribution >= 0.6 is 43.2 Å². The molecule has 0 N–H and O–H groups in total. The topological polar surface area (TPSA) is 52.8 Å². The van der Waals surface area contributed by atoms with E-state index < -0.39 is 0 Å². The number of hydrogen-bond acceptors (Lipinski definition) is 5. The lowest BCUT2D eigenvalue weighted by Crippen LogP contribution is -2.38. The smallest absolute Gasteiger partial charge is 0.271 e. The van der Waals surface area contributed by atoms with Crippen LogP contribution in [0.1, 0.15) is 40.3 Å². The number of aromatic nitrogens is 1. The van der Waals surface area contributed by atoms with Gasteiger partial charge in [-0.3, -0.25) is 9.36 Å². The highest BCUT2D eigenvalue weighted by Gasteiger charge is 2.32. The molecule has 8 heteroatoms. The molecule has 0 spiro atoms. The Bertz CT molecular complexity index is 2060. The first-order valence-electron chi connectivity index (χ1n) is 13.9. The SMILES string of the molecule is COc1ccc([C@@H]2C3=C(N=c4s/c(=C/c5ccc(OCc6ccc(Br)cc6)c(Br)c5)c(=O)n42)c2ccccc2CC3)cc1. The van der Waals surface area contributed by atoms with Gasteiger partial charge >= 0.3 is 0 Å². The van der Waals surface area contributed by atoms with E-state index in [-0.39, 0.29) is 11.6 Å². The molecule has 0 unspecified atom stereocenters. The second-order valence-electron chi connectivity index (χ2n) is 10.5. The van der Waals surface area contributed by atoms with E-state index in [2.05, 4.69) is 68.3 Å². The maximum absolute atomic E-state index is 14.1. The standard InChI is InChI=1S/C35H26Br2N2O3S/c1-41-26-14-9-24(10-15-26)33-28-16-11-23-4-2-3-5-27(23)32(28)38-35-39(33)34(40)31(43-35)19-22-8-17-30(29(37)18-22)42-20-21-6-12-25(36)13-7-21/h2-10,12-15,17-19,33H,11,16,20H2,1H3/b31-19+/t33-/m1/s1. The summed E-state index contributed by atoms with van der Waals surface area (Å²) in [5, 5.41) is 0. The molecule has 0 amide bonds. The Morgan fingerprint density at radius 3 is 2.53 bits per heavy atom. The van der Waals surface area contributed by atoms with Gasteiger partial charge in [0.1, 0.15) is 18.1 Å². The van der Waals surface area contributed by atoms with E-state index in [9.17, 15) is 4.79 Å². The fourth-order valence-electron chi connectivity index (χ4n) is 5.73. The predicted molar refractivity (Wildman–Crippen MR) is 178 cm³/mol. The fraction of sp³-hybridized carbons (Fsp3) is 0.143. The van der Waals surface area contributed by atoms with E-state index in [4.69, 9.17) is 14.5 Å². The van der Waals surface area contributed by atoms with Crippen molar-refractivity contribution in [3.05, 3.63) is 153 Å². The molecule has 1 atom stereocenters. The average molecular weight is 714 g/mol. The molecule has 1 aromatic heterocycles. The Morgan fingerprint density at radius 1 is 0.977 bits per heavy atom. The first kappa shape index (κ1) is 28.1. The minimum atomic E-state index is -0.228. The van der Waals surface area contributed by atoms with Crippen LogP contribution in [0.15, 0.2) is 115 Å². The third-order valence-corrected chi connectivity index (χ3v) is 10.00. The van der Waals surface area contributed by atoms with Gasteiger partial charge in [0.15, 0.2) is 4.80 Å². The predicted octanol–water partition coefficient (Wildman–Crippen LogP) is 7.43. The second kappa shape index (κ2) is 11.8. The number of nitrogens with zero attached hydrogens (tertiary/aromatic N) is 2. The van der Waals surface area contributed by atoms with Crippen LogP contribution in [0.2, 0.25) is 0 Å². The van der Waals surface area contributed by atoms with Gasteiger partial charge in [0.05, 0.1) is 27.9 Å². The first-order chi connectivity index (χ1) is 21.0. The number of ether oxygens (including phenoxy) is 2. The van der Waals surface area contributed by atoms with Crippen molar-refractivity contribution in [2.75, 3.05) is 7.11 Å². The Kier molecular flexibility index (Phi) is 7.67. The zero-order valence-electron chi connectivity index (χ0n) is 23.2. The molecule has 0 bridgehead atoms. The van der Waals surface area contributed by atoms with Gasteiger partial charge in [0.2, 0.25) is 0 Å². The minimum Gasteiger partial charge on any atom is -0.497 e. The Morgan fingerprint density at radius 2 is 1.77 bits per heavy atom. The summed E-state index contributed by atoms with van der Waals surface area (Å²) in [6.45, 7) is 0.461.